The van der Waals surface area contributed by atoms with E-state index in [4.69, 9.17) is 22.4 Å². The molecule has 0 saturated carbocycles. The van der Waals surface area contributed by atoms with Gasteiger partial charge in [0.05, 0.1) is 17.9 Å². The van der Waals surface area contributed by atoms with Gasteiger partial charge >= 0.3 is 0 Å². The second kappa shape index (κ2) is 9.99. The van der Waals surface area contributed by atoms with Gasteiger partial charge in [-0.2, -0.15) is 0 Å². The Hall–Kier alpha value is -2.82. The maximum Gasteiger partial charge on any atom is 0.123 e. The summed E-state index contributed by atoms with van der Waals surface area (Å²) in [4.78, 5) is 4.52. The number of anilines is 1. The Labute approximate surface area is 188 Å². The summed E-state index contributed by atoms with van der Waals surface area (Å²) in [5.41, 5.74) is 11.4. The highest BCUT2D eigenvalue weighted by atomic mass is 35.5. The molecule has 0 radical (unpaired) electrons. The SMILES string of the molecule is Nc1cccc(Cn2c(-c3ccccc3Cl)cc3ccc(CCCCCCO)cc32)n1. The second-order valence-corrected chi connectivity index (χ2v) is 8.34. The Morgan fingerprint density at radius 1 is 0.903 bits per heavy atom. The third-order valence-electron chi connectivity index (χ3n) is 5.64. The zero-order valence-corrected chi connectivity index (χ0v) is 18.4. The fourth-order valence-electron chi connectivity index (χ4n) is 4.06. The molecule has 2 heterocycles. The molecule has 160 valence electrons. The number of pyridine rings is 1. The number of halogens is 1. The minimum Gasteiger partial charge on any atom is -0.396 e. The van der Waals surface area contributed by atoms with Crippen LogP contribution in [0.1, 0.15) is 36.9 Å². The molecule has 4 nitrogen and oxygen atoms in total. The van der Waals surface area contributed by atoms with Crippen LogP contribution >= 0.6 is 11.6 Å². The van der Waals surface area contributed by atoms with Crippen LogP contribution in [0.5, 0.6) is 0 Å². The third-order valence-corrected chi connectivity index (χ3v) is 5.97. The molecule has 0 aliphatic rings. The molecule has 0 atom stereocenters. The number of benzene rings is 2. The van der Waals surface area contributed by atoms with E-state index in [0.29, 0.717) is 12.4 Å². The van der Waals surface area contributed by atoms with E-state index in [9.17, 15) is 0 Å². The molecule has 4 rings (SSSR count). The first kappa shape index (κ1) is 21.4. The average Bonchev–Trinajstić information content (AvgIpc) is 3.11. The van der Waals surface area contributed by atoms with Crippen molar-refractivity contribution in [2.75, 3.05) is 12.3 Å². The lowest BCUT2D eigenvalue weighted by Crippen LogP contribution is -2.05. The van der Waals surface area contributed by atoms with E-state index >= 15 is 0 Å². The molecule has 2 aromatic carbocycles. The minimum atomic E-state index is 0.280. The molecule has 0 unspecified atom stereocenters. The largest absolute Gasteiger partial charge is 0.396 e. The standard InChI is InChI=1S/C26H28ClN3O/c27-23-11-5-4-10-22(23)25-17-20-14-13-19(8-3-1-2-6-15-31)16-24(20)30(25)18-21-9-7-12-26(28)29-21/h4-5,7,9-14,16-17,31H,1-3,6,8,15,18H2,(H2,28,29). The number of rotatable bonds is 9. The van der Waals surface area contributed by atoms with Gasteiger partial charge in [0.2, 0.25) is 0 Å². The third kappa shape index (κ3) is 5.09. The van der Waals surface area contributed by atoms with E-state index in [-0.39, 0.29) is 6.61 Å². The Morgan fingerprint density at radius 2 is 1.74 bits per heavy atom. The van der Waals surface area contributed by atoms with Gasteiger partial charge in [-0.25, -0.2) is 4.98 Å². The number of nitrogen functional groups attached to an aromatic ring is 1. The Balaban J connectivity index is 1.72. The summed E-state index contributed by atoms with van der Waals surface area (Å²) in [6, 6.07) is 22.6. The second-order valence-electron chi connectivity index (χ2n) is 7.93. The van der Waals surface area contributed by atoms with E-state index in [1.807, 2.05) is 30.3 Å². The first-order valence-corrected chi connectivity index (χ1v) is 11.2. The van der Waals surface area contributed by atoms with Gasteiger partial charge in [-0.1, -0.05) is 60.8 Å². The number of unbranched alkanes of at least 4 members (excludes halogenated alkanes) is 3. The number of aliphatic hydroxyl groups is 1. The van der Waals surface area contributed by atoms with Crippen LogP contribution < -0.4 is 5.73 Å². The molecule has 0 aliphatic heterocycles. The molecule has 0 aliphatic carbocycles. The van der Waals surface area contributed by atoms with Crippen LogP contribution in [-0.4, -0.2) is 21.3 Å². The van der Waals surface area contributed by atoms with Crippen molar-refractivity contribution in [2.24, 2.45) is 0 Å². The fourth-order valence-corrected chi connectivity index (χ4v) is 4.29. The highest BCUT2D eigenvalue weighted by Gasteiger charge is 2.14. The van der Waals surface area contributed by atoms with Crippen molar-refractivity contribution in [3.8, 4) is 11.3 Å². The van der Waals surface area contributed by atoms with Crippen LogP contribution in [0.25, 0.3) is 22.2 Å². The number of hydrogen-bond donors (Lipinski definition) is 2. The lowest BCUT2D eigenvalue weighted by Gasteiger charge is -2.13. The van der Waals surface area contributed by atoms with Crippen LogP contribution in [-0.2, 0) is 13.0 Å². The monoisotopic (exact) mass is 433 g/mol. The first-order valence-electron chi connectivity index (χ1n) is 10.8. The Morgan fingerprint density at radius 3 is 2.55 bits per heavy atom. The molecule has 0 amide bonds. The van der Waals surface area contributed by atoms with Crippen LogP contribution in [0.15, 0.2) is 66.7 Å². The van der Waals surface area contributed by atoms with Gasteiger partial charge in [0.15, 0.2) is 0 Å². The van der Waals surface area contributed by atoms with E-state index in [1.54, 1.807) is 6.07 Å². The summed E-state index contributed by atoms with van der Waals surface area (Å²) in [6.45, 7) is 0.900. The maximum absolute atomic E-state index is 8.96. The number of nitrogens with zero attached hydrogens (tertiary/aromatic N) is 2. The summed E-state index contributed by atoms with van der Waals surface area (Å²) >= 11 is 6.56. The predicted octanol–water partition coefficient (Wildman–Crippen LogP) is 6.08. The van der Waals surface area contributed by atoms with Crippen LogP contribution in [0, 0.1) is 0 Å². The zero-order chi connectivity index (χ0) is 21.6. The lowest BCUT2D eigenvalue weighted by molar-refractivity contribution is 0.282. The zero-order valence-electron chi connectivity index (χ0n) is 17.6. The number of fused-ring (bicyclic) bond motifs is 1. The molecule has 0 bridgehead atoms. The number of hydrogen-bond acceptors (Lipinski definition) is 3. The van der Waals surface area contributed by atoms with E-state index in [2.05, 4.69) is 39.9 Å². The van der Waals surface area contributed by atoms with Crippen LogP contribution in [0.4, 0.5) is 5.82 Å². The summed E-state index contributed by atoms with van der Waals surface area (Å²) in [5, 5.41) is 10.9. The highest BCUT2D eigenvalue weighted by Crippen LogP contribution is 2.34. The van der Waals surface area contributed by atoms with Gasteiger partial charge in [0.25, 0.3) is 0 Å². The average molecular weight is 434 g/mol. The number of nitrogens with two attached hydrogens (primary N) is 1. The normalized spacial score (nSPS) is 11.3. The summed E-state index contributed by atoms with van der Waals surface area (Å²) in [7, 11) is 0. The molecule has 31 heavy (non-hydrogen) atoms. The molecule has 0 fully saturated rings. The molecular formula is C26H28ClN3O. The summed E-state index contributed by atoms with van der Waals surface area (Å²) in [5.74, 6) is 0.525. The van der Waals surface area contributed by atoms with Gasteiger partial charge < -0.3 is 15.4 Å². The predicted molar refractivity (Wildman–Crippen MR) is 129 cm³/mol. The molecule has 0 saturated heterocycles. The number of aryl methyl sites for hydroxylation is 1. The summed E-state index contributed by atoms with van der Waals surface area (Å²) in [6.07, 6.45) is 5.26. The molecule has 0 spiro atoms. The maximum atomic E-state index is 8.96. The van der Waals surface area contributed by atoms with E-state index in [1.165, 1.54) is 16.5 Å². The topological polar surface area (TPSA) is 64.1 Å². The van der Waals surface area contributed by atoms with Crippen molar-refractivity contribution < 1.29 is 5.11 Å². The van der Waals surface area contributed by atoms with Gasteiger partial charge in [0, 0.05) is 28.1 Å². The minimum absolute atomic E-state index is 0.280. The van der Waals surface area contributed by atoms with Crippen molar-refractivity contribution >= 4 is 28.3 Å². The lowest BCUT2D eigenvalue weighted by atomic mass is 10.0. The molecule has 5 heteroatoms. The van der Waals surface area contributed by atoms with Crippen molar-refractivity contribution in [3.05, 3.63) is 83.0 Å². The van der Waals surface area contributed by atoms with Crippen molar-refractivity contribution in [2.45, 2.75) is 38.6 Å². The Bertz CT molecular complexity index is 1170. The van der Waals surface area contributed by atoms with Crippen LogP contribution in [0.2, 0.25) is 5.02 Å². The molecular weight excluding hydrogens is 406 g/mol. The van der Waals surface area contributed by atoms with E-state index in [0.717, 1.165) is 54.1 Å². The van der Waals surface area contributed by atoms with Crippen molar-refractivity contribution in [3.63, 3.8) is 0 Å². The first-order chi connectivity index (χ1) is 15.2. The van der Waals surface area contributed by atoms with Gasteiger partial charge in [-0.15, -0.1) is 0 Å². The molecule has 2 aromatic heterocycles. The van der Waals surface area contributed by atoms with Crippen LogP contribution in [0.3, 0.4) is 0 Å². The van der Waals surface area contributed by atoms with Crippen molar-refractivity contribution in [1.82, 2.24) is 9.55 Å². The van der Waals surface area contributed by atoms with Gasteiger partial charge in [-0.3, -0.25) is 0 Å². The van der Waals surface area contributed by atoms with Crippen molar-refractivity contribution in [1.29, 1.82) is 0 Å². The smallest absolute Gasteiger partial charge is 0.123 e. The molecule has 4 aromatic rings. The van der Waals surface area contributed by atoms with Gasteiger partial charge in [0.1, 0.15) is 5.82 Å². The Kier molecular flexibility index (Phi) is 6.90. The number of aliphatic hydroxyl groups excluding tert-OH is 1. The quantitative estimate of drug-likeness (QED) is 0.314. The van der Waals surface area contributed by atoms with Gasteiger partial charge in [-0.05, 0) is 55.2 Å². The number of aromatic nitrogens is 2. The highest BCUT2D eigenvalue weighted by molar-refractivity contribution is 6.33. The fraction of sp³-hybridized carbons (Fsp3) is 0.269. The van der Waals surface area contributed by atoms with E-state index < -0.39 is 0 Å². The summed E-state index contributed by atoms with van der Waals surface area (Å²) < 4.78 is 2.29. The molecule has 3 N–H and O–H groups in total.